The van der Waals surface area contributed by atoms with E-state index in [2.05, 4.69) is 20.9 Å². The van der Waals surface area contributed by atoms with Crippen molar-refractivity contribution in [3.63, 3.8) is 0 Å². The fourth-order valence-electron chi connectivity index (χ4n) is 1.65. The Morgan fingerprint density at radius 2 is 1.89 bits per heavy atom. The smallest absolute Gasteiger partial charge is 0.395 e. The number of nitrogens with one attached hydrogen (secondary N) is 1. The van der Waals surface area contributed by atoms with Crippen LogP contribution in [-0.4, -0.2) is 6.29 Å². The molecular formula is C13H8F2NO2. The van der Waals surface area contributed by atoms with E-state index in [-0.39, 0.29) is 11.5 Å². The first-order valence-corrected chi connectivity index (χ1v) is 5.26. The normalized spacial score (nSPS) is 15.4. The second kappa shape index (κ2) is 3.87. The van der Waals surface area contributed by atoms with Gasteiger partial charge in [0.2, 0.25) is 0 Å². The third-order valence-corrected chi connectivity index (χ3v) is 2.39. The summed E-state index contributed by atoms with van der Waals surface area (Å²) in [5.74, 6) is 0.0449. The molecule has 0 saturated heterocycles. The van der Waals surface area contributed by atoms with E-state index in [4.69, 9.17) is 0 Å². The van der Waals surface area contributed by atoms with Gasteiger partial charge < -0.3 is 14.8 Å². The number of anilines is 2. The van der Waals surface area contributed by atoms with Crippen LogP contribution in [0.4, 0.5) is 20.2 Å². The van der Waals surface area contributed by atoms with Gasteiger partial charge in [0, 0.05) is 23.5 Å². The quantitative estimate of drug-likeness (QED) is 0.881. The lowest BCUT2D eigenvalue weighted by molar-refractivity contribution is -0.286. The van der Waals surface area contributed by atoms with Gasteiger partial charge in [-0.2, -0.15) is 0 Å². The lowest BCUT2D eigenvalue weighted by atomic mass is 10.2. The van der Waals surface area contributed by atoms with Crippen LogP contribution >= 0.6 is 0 Å². The minimum absolute atomic E-state index is 0.0148. The lowest BCUT2D eigenvalue weighted by Crippen LogP contribution is -2.25. The molecule has 1 heterocycles. The van der Waals surface area contributed by atoms with E-state index in [1.807, 2.05) is 18.2 Å². The molecule has 3 nitrogen and oxygen atoms in total. The summed E-state index contributed by atoms with van der Waals surface area (Å²) in [6.07, 6.45) is -3.58. The largest absolute Gasteiger partial charge is 0.586 e. The number of benzene rings is 2. The standard InChI is InChI=1S/C13H8F2NO2/c14-13(15)17-11-7-6-10(8-12(11)18-13)16-9-4-2-1-3-5-9/h1-4,6-8,16H. The molecule has 5 heteroatoms. The Labute approximate surface area is 102 Å². The molecule has 0 aromatic heterocycles. The lowest BCUT2D eigenvalue weighted by Gasteiger charge is -2.06. The SMILES string of the molecule is FC1(F)Oc2ccc(Nc3[c]cccc3)cc2O1. The van der Waals surface area contributed by atoms with Crippen LogP contribution in [0.3, 0.4) is 0 Å². The third-order valence-electron chi connectivity index (χ3n) is 2.39. The zero-order valence-electron chi connectivity index (χ0n) is 9.11. The summed E-state index contributed by atoms with van der Waals surface area (Å²) in [6.45, 7) is 0. The summed E-state index contributed by atoms with van der Waals surface area (Å²) in [7, 11) is 0. The average Bonchev–Trinajstić information content (AvgIpc) is 2.63. The second-order valence-corrected chi connectivity index (χ2v) is 3.73. The molecule has 18 heavy (non-hydrogen) atoms. The van der Waals surface area contributed by atoms with E-state index in [1.165, 1.54) is 12.1 Å². The molecule has 1 aliphatic heterocycles. The Hall–Kier alpha value is -2.30. The van der Waals surface area contributed by atoms with Gasteiger partial charge in [0.1, 0.15) is 0 Å². The molecule has 0 saturated carbocycles. The summed E-state index contributed by atoms with van der Waals surface area (Å²) >= 11 is 0. The number of hydrogen-bond acceptors (Lipinski definition) is 3. The molecule has 0 fully saturated rings. The van der Waals surface area contributed by atoms with Crippen LogP contribution < -0.4 is 14.8 Å². The van der Waals surface area contributed by atoms with E-state index in [0.717, 1.165) is 5.69 Å². The number of ether oxygens (including phenoxy) is 2. The molecule has 0 spiro atoms. The van der Waals surface area contributed by atoms with Crippen molar-refractivity contribution in [2.75, 3.05) is 5.32 Å². The summed E-state index contributed by atoms with van der Waals surface area (Å²) in [6, 6.07) is 14.7. The number of halogens is 2. The van der Waals surface area contributed by atoms with Gasteiger partial charge in [-0.3, -0.25) is 0 Å². The maximum Gasteiger partial charge on any atom is 0.586 e. The molecule has 3 rings (SSSR count). The number of fused-ring (bicyclic) bond motifs is 1. The van der Waals surface area contributed by atoms with Gasteiger partial charge >= 0.3 is 6.29 Å². The number of rotatable bonds is 2. The second-order valence-electron chi connectivity index (χ2n) is 3.73. The van der Waals surface area contributed by atoms with Gasteiger partial charge in [-0.1, -0.05) is 18.2 Å². The summed E-state index contributed by atoms with van der Waals surface area (Å²) in [5, 5.41) is 3.02. The minimum atomic E-state index is -3.58. The Kier molecular flexibility index (Phi) is 2.33. The fourth-order valence-corrected chi connectivity index (χ4v) is 1.65. The monoisotopic (exact) mass is 248 g/mol. The van der Waals surface area contributed by atoms with E-state index in [0.29, 0.717) is 5.69 Å². The van der Waals surface area contributed by atoms with Gasteiger partial charge in [0.15, 0.2) is 11.5 Å². The van der Waals surface area contributed by atoms with Gasteiger partial charge in [-0.15, -0.1) is 8.78 Å². The van der Waals surface area contributed by atoms with Crippen LogP contribution in [0.2, 0.25) is 0 Å². The van der Waals surface area contributed by atoms with Gasteiger partial charge in [0.25, 0.3) is 0 Å². The van der Waals surface area contributed by atoms with Crippen LogP contribution in [0.1, 0.15) is 0 Å². The van der Waals surface area contributed by atoms with Crippen molar-refractivity contribution in [3.8, 4) is 11.5 Å². The first kappa shape index (κ1) is 10.8. The maximum atomic E-state index is 12.8. The molecule has 2 aromatic rings. The van der Waals surface area contributed by atoms with Crippen molar-refractivity contribution in [1.29, 1.82) is 0 Å². The summed E-state index contributed by atoms with van der Waals surface area (Å²) < 4.78 is 34.3. The third kappa shape index (κ3) is 2.07. The highest BCUT2D eigenvalue weighted by molar-refractivity contribution is 5.63. The number of para-hydroxylation sites is 1. The zero-order valence-corrected chi connectivity index (χ0v) is 9.11. The highest BCUT2D eigenvalue weighted by Crippen LogP contribution is 2.42. The van der Waals surface area contributed by atoms with E-state index in [9.17, 15) is 8.78 Å². The molecule has 2 aromatic carbocycles. The molecular weight excluding hydrogens is 240 g/mol. The molecule has 0 bridgehead atoms. The predicted molar refractivity (Wildman–Crippen MR) is 61.2 cm³/mol. The fraction of sp³-hybridized carbons (Fsp3) is 0.0769. The Morgan fingerprint density at radius 1 is 1.06 bits per heavy atom. The van der Waals surface area contributed by atoms with Crippen molar-refractivity contribution in [1.82, 2.24) is 0 Å². The summed E-state index contributed by atoms with van der Waals surface area (Å²) in [4.78, 5) is 0. The highest BCUT2D eigenvalue weighted by atomic mass is 19.3. The van der Waals surface area contributed by atoms with E-state index >= 15 is 0 Å². The van der Waals surface area contributed by atoms with Gasteiger partial charge in [-0.25, -0.2) is 0 Å². The van der Waals surface area contributed by atoms with Crippen LogP contribution in [0.25, 0.3) is 0 Å². The van der Waals surface area contributed by atoms with Crippen LogP contribution in [-0.2, 0) is 0 Å². The summed E-state index contributed by atoms with van der Waals surface area (Å²) in [5.41, 5.74) is 1.36. The van der Waals surface area contributed by atoms with Crippen LogP contribution in [0, 0.1) is 6.07 Å². The molecule has 91 valence electrons. The molecule has 0 atom stereocenters. The maximum absolute atomic E-state index is 12.8. The van der Waals surface area contributed by atoms with Crippen molar-refractivity contribution in [3.05, 3.63) is 48.5 Å². The molecule has 0 amide bonds. The zero-order chi connectivity index (χ0) is 12.6. The topological polar surface area (TPSA) is 30.5 Å². The first-order chi connectivity index (χ1) is 8.62. The minimum Gasteiger partial charge on any atom is -0.395 e. The molecule has 1 aliphatic rings. The van der Waals surface area contributed by atoms with Crippen molar-refractivity contribution in [2.24, 2.45) is 0 Å². The van der Waals surface area contributed by atoms with E-state index in [1.54, 1.807) is 12.1 Å². The first-order valence-electron chi connectivity index (χ1n) is 5.26. The van der Waals surface area contributed by atoms with E-state index < -0.39 is 6.29 Å². The van der Waals surface area contributed by atoms with Crippen LogP contribution in [0.15, 0.2) is 42.5 Å². The Morgan fingerprint density at radius 3 is 2.67 bits per heavy atom. The highest BCUT2D eigenvalue weighted by Gasteiger charge is 2.43. The average molecular weight is 248 g/mol. The Balaban J connectivity index is 1.85. The molecule has 1 radical (unpaired) electrons. The van der Waals surface area contributed by atoms with Gasteiger partial charge in [-0.05, 0) is 18.2 Å². The van der Waals surface area contributed by atoms with Gasteiger partial charge in [0.05, 0.1) is 0 Å². The molecule has 0 unspecified atom stereocenters. The number of alkyl halides is 2. The van der Waals surface area contributed by atoms with Crippen molar-refractivity contribution < 1.29 is 18.3 Å². The number of hydrogen-bond donors (Lipinski definition) is 1. The molecule has 1 N–H and O–H groups in total. The van der Waals surface area contributed by atoms with Crippen molar-refractivity contribution >= 4 is 11.4 Å². The predicted octanol–water partition coefficient (Wildman–Crippen LogP) is 3.55. The van der Waals surface area contributed by atoms with Crippen molar-refractivity contribution in [2.45, 2.75) is 6.29 Å². The molecule has 0 aliphatic carbocycles. The van der Waals surface area contributed by atoms with Crippen LogP contribution in [0.5, 0.6) is 11.5 Å². The Bertz CT molecular complexity index is 572.